The molecule has 1 atom stereocenters. The van der Waals surface area contributed by atoms with E-state index < -0.39 is 6.04 Å². The van der Waals surface area contributed by atoms with Gasteiger partial charge in [-0.2, -0.15) is 0 Å². The van der Waals surface area contributed by atoms with Crippen molar-refractivity contribution >= 4 is 11.8 Å². The van der Waals surface area contributed by atoms with E-state index in [1.165, 1.54) is 0 Å². The van der Waals surface area contributed by atoms with E-state index in [-0.39, 0.29) is 23.8 Å². The standard InChI is InChI=1S/C33H42N2O3/c1-24(2)21-34-32(37)29(20-26-14-8-7-9-15-26)35(22-27-16-12-13-25(3)19-27)31(36)23-38-30-18-11-10-17-28(30)33(4,5)6/h7-19,24,29H,20-23H2,1-6H3,(H,34,37)/t29-/m1/s1. The van der Waals surface area contributed by atoms with Crippen LogP contribution in [0.4, 0.5) is 0 Å². The van der Waals surface area contributed by atoms with Crippen molar-refractivity contribution < 1.29 is 14.3 Å². The largest absolute Gasteiger partial charge is 0.483 e. The maximum absolute atomic E-state index is 13.9. The topological polar surface area (TPSA) is 58.6 Å². The fraction of sp³-hybridized carbons (Fsp3) is 0.394. The average molecular weight is 515 g/mol. The van der Waals surface area contributed by atoms with Crippen molar-refractivity contribution in [3.05, 3.63) is 101 Å². The fourth-order valence-corrected chi connectivity index (χ4v) is 4.42. The highest BCUT2D eigenvalue weighted by molar-refractivity contribution is 5.88. The second kappa shape index (κ2) is 13.3. The molecule has 0 bridgehead atoms. The molecule has 0 aromatic heterocycles. The number of rotatable bonds is 11. The van der Waals surface area contributed by atoms with Crippen LogP contribution in [0.3, 0.4) is 0 Å². The zero-order valence-electron chi connectivity index (χ0n) is 23.7. The molecule has 5 nitrogen and oxygen atoms in total. The van der Waals surface area contributed by atoms with Gasteiger partial charge in [-0.3, -0.25) is 9.59 Å². The lowest BCUT2D eigenvalue weighted by Gasteiger charge is -2.32. The molecule has 2 amide bonds. The molecule has 0 radical (unpaired) electrons. The van der Waals surface area contributed by atoms with Crippen LogP contribution in [0.15, 0.2) is 78.9 Å². The van der Waals surface area contributed by atoms with Gasteiger partial charge in [0.2, 0.25) is 5.91 Å². The molecule has 0 heterocycles. The van der Waals surface area contributed by atoms with Crippen LogP contribution in [0, 0.1) is 12.8 Å². The SMILES string of the molecule is Cc1cccc(CN(C(=O)COc2ccccc2C(C)(C)C)[C@H](Cc2ccccc2)C(=O)NCC(C)C)c1. The predicted molar refractivity (Wildman–Crippen MR) is 154 cm³/mol. The summed E-state index contributed by atoms with van der Waals surface area (Å²) < 4.78 is 6.12. The number of carbonyl (C=O) groups excluding carboxylic acids is 2. The molecule has 3 rings (SSSR count). The molecular weight excluding hydrogens is 472 g/mol. The minimum atomic E-state index is -0.675. The zero-order valence-corrected chi connectivity index (χ0v) is 23.7. The summed E-state index contributed by atoms with van der Waals surface area (Å²) in [7, 11) is 0. The Morgan fingerprint density at radius 1 is 0.895 bits per heavy atom. The van der Waals surface area contributed by atoms with Gasteiger partial charge in [-0.05, 0) is 41.0 Å². The summed E-state index contributed by atoms with van der Waals surface area (Å²) in [4.78, 5) is 29.1. The minimum absolute atomic E-state index is 0.131. The first kappa shape index (κ1) is 29.0. The van der Waals surface area contributed by atoms with E-state index in [9.17, 15) is 9.59 Å². The Labute approximate surface area is 228 Å². The van der Waals surface area contributed by atoms with E-state index in [2.05, 4.69) is 46.0 Å². The van der Waals surface area contributed by atoms with Gasteiger partial charge < -0.3 is 15.0 Å². The van der Waals surface area contributed by atoms with Gasteiger partial charge in [0.05, 0.1) is 0 Å². The quantitative estimate of drug-likeness (QED) is 0.337. The van der Waals surface area contributed by atoms with Crippen LogP contribution in [0.2, 0.25) is 0 Å². The van der Waals surface area contributed by atoms with E-state index in [1.807, 2.05) is 79.7 Å². The number of nitrogens with zero attached hydrogens (tertiary/aromatic N) is 1. The number of amides is 2. The van der Waals surface area contributed by atoms with Gasteiger partial charge in [-0.25, -0.2) is 0 Å². The van der Waals surface area contributed by atoms with Gasteiger partial charge in [0.25, 0.3) is 5.91 Å². The van der Waals surface area contributed by atoms with Gasteiger partial charge >= 0.3 is 0 Å². The molecule has 0 aliphatic carbocycles. The van der Waals surface area contributed by atoms with Crippen LogP contribution in [0.5, 0.6) is 5.75 Å². The van der Waals surface area contributed by atoms with Gasteiger partial charge in [-0.1, -0.05) is 113 Å². The molecule has 0 unspecified atom stereocenters. The van der Waals surface area contributed by atoms with Crippen molar-refractivity contribution in [2.45, 2.75) is 66.0 Å². The molecule has 202 valence electrons. The lowest BCUT2D eigenvalue weighted by atomic mass is 9.86. The number of hydrogen-bond donors (Lipinski definition) is 1. The third-order valence-corrected chi connectivity index (χ3v) is 6.44. The third kappa shape index (κ3) is 8.47. The maximum atomic E-state index is 13.9. The maximum Gasteiger partial charge on any atom is 0.261 e. The summed E-state index contributed by atoms with van der Waals surface area (Å²) in [6.07, 6.45) is 0.418. The van der Waals surface area contributed by atoms with Crippen LogP contribution >= 0.6 is 0 Å². The van der Waals surface area contributed by atoms with Crippen molar-refractivity contribution in [1.29, 1.82) is 0 Å². The second-order valence-corrected chi connectivity index (χ2v) is 11.4. The van der Waals surface area contributed by atoms with Crippen molar-refractivity contribution in [3.8, 4) is 5.75 Å². The summed E-state index contributed by atoms with van der Waals surface area (Å²) in [5.74, 6) is 0.608. The number of hydrogen-bond acceptors (Lipinski definition) is 3. The average Bonchev–Trinajstić information content (AvgIpc) is 2.88. The molecular formula is C33H42N2O3. The Balaban J connectivity index is 1.94. The highest BCUT2D eigenvalue weighted by atomic mass is 16.5. The molecule has 3 aromatic rings. The number of carbonyl (C=O) groups is 2. The van der Waals surface area contributed by atoms with E-state index in [4.69, 9.17) is 4.74 Å². The van der Waals surface area contributed by atoms with Crippen LogP contribution in [0.1, 0.15) is 56.9 Å². The number of para-hydroxylation sites is 1. The molecule has 0 spiro atoms. The van der Waals surface area contributed by atoms with E-state index in [1.54, 1.807) is 4.90 Å². The molecule has 0 aliphatic heterocycles. The van der Waals surface area contributed by atoms with Crippen LogP contribution in [-0.4, -0.2) is 35.9 Å². The predicted octanol–water partition coefficient (Wildman–Crippen LogP) is 6.08. The third-order valence-electron chi connectivity index (χ3n) is 6.44. The summed E-state index contributed by atoms with van der Waals surface area (Å²) in [5, 5.41) is 3.06. The second-order valence-electron chi connectivity index (χ2n) is 11.4. The van der Waals surface area contributed by atoms with Crippen molar-refractivity contribution in [3.63, 3.8) is 0 Å². The normalized spacial score (nSPS) is 12.2. The van der Waals surface area contributed by atoms with Gasteiger partial charge in [-0.15, -0.1) is 0 Å². The van der Waals surface area contributed by atoms with E-state index in [0.29, 0.717) is 31.2 Å². The highest BCUT2D eigenvalue weighted by Gasteiger charge is 2.31. The summed E-state index contributed by atoms with van der Waals surface area (Å²) in [6, 6.07) is 25.1. The Bertz CT molecular complexity index is 1200. The van der Waals surface area contributed by atoms with Crippen molar-refractivity contribution in [2.24, 2.45) is 5.92 Å². The summed E-state index contributed by atoms with van der Waals surface area (Å²) >= 11 is 0. The van der Waals surface area contributed by atoms with E-state index >= 15 is 0 Å². The monoisotopic (exact) mass is 514 g/mol. The first-order valence-electron chi connectivity index (χ1n) is 13.4. The summed E-state index contributed by atoms with van der Waals surface area (Å²) in [6.45, 7) is 13.2. The van der Waals surface area contributed by atoms with Crippen LogP contribution < -0.4 is 10.1 Å². The molecule has 0 aliphatic rings. The van der Waals surface area contributed by atoms with Crippen LogP contribution in [-0.2, 0) is 28.0 Å². The lowest BCUT2D eigenvalue weighted by Crippen LogP contribution is -2.52. The lowest BCUT2D eigenvalue weighted by molar-refractivity contribution is -0.142. The Morgan fingerprint density at radius 2 is 1.55 bits per heavy atom. The fourth-order valence-electron chi connectivity index (χ4n) is 4.42. The van der Waals surface area contributed by atoms with Crippen molar-refractivity contribution in [2.75, 3.05) is 13.2 Å². The molecule has 1 N–H and O–H groups in total. The Hall–Kier alpha value is -3.60. The molecule has 38 heavy (non-hydrogen) atoms. The molecule has 3 aromatic carbocycles. The molecule has 0 saturated heterocycles. The minimum Gasteiger partial charge on any atom is -0.483 e. The van der Waals surface area contributed by atoms with Gasteiger partial charge in [0, 0.05) is 19.5 Å². The van der Waals surface area contributed by atoms with Crippen molar-refractivity contribution in [1.82, 2.24) is 10.2 Å². The number of ether oxygens (including phenoxy) is 1. The number of nitrogens with one attached hydrogen (secondary N) is 1. The van der Waals surface area contributed by atoms with Gasteiger partial charge in [0.1, 0.15) is 11.8 Å². The molecule has 0 fully saturated rings. The summed E-state index contributed by atoms with van der Waals surface area (Å²) in [5.41, 5.74) is 3.98. The molecule has 0 saturated carbocycles. The first-order valence-corrected chi connectivity index (χ1v) is 13.4. The Morgan fingerprint density at radius 3 is 2.21 bits per heavy atom. The smallest absolute Gasteiger partial charge is 0.261 e. The Kier molecular flexibility index (Phi) is 10.1. The van der Waals surface area contributed by atoms with Gasteiger partial charge in [0.15, 0.2) is 6.61 Å². The zero-order chi connectivity index (χ0) is 27.7. The van der Waals surface area contributed by atoms with Crippen LogP contribution in [0.25, 0.3) is 0 Å². The number of aryl methyl sites for hydroxylation is 1. The first-order chi connectivity index (χ1) is 18.0. The highest BCUT2D eigenvalue weighted by Crippen LogP contribution is 2.31. The van der Waals surface area contributed by atoms with E-state index in [0.717, 1.165) is 22.3 Å². The number of benzene rings is 3. The molecule has 5 heteroatoms.